The predicted octanol–water partition coefficient (Wildman–Crippen LogP) is 5.87. The van der Waals surface area contributed by atoms with Crippen molar-refractivity contribution in [3.8, 4) is 0 Å². The number of carbonyl (C=O) groups is 1. The molecule has 1 aliphatic heterocycles. The normalized spacial score (nSPS) is 16.9. The minimum Gasteiger partial charge on any atom is -0.358 e. The Balaban J connectivity index is 1.75. The third-order valence-electron chi connectivity index (χ3n) is 6.75. The lowest BCUT2D eigenvalue weighted by Gasteiger charge is -2.41. The summed E-state index contributed by atoms with van der Waals surface area (Å²) in [7, 11) is 1.53. The van der Waals surface area contributed by atoms with Crippen molar-refractivity contribution in [3.63, 3.8) is 0 Å². The van der Waals surface area contributed by atoms with Gasteiger partial charge in [-0.25, -0.2) is 13.8 Å². The van der Waals surface area contributed by atoms with Crippen molar-refractivity contribution in [1.82, 2.24) is 19.8 Å². The molecule has 0 bridgehead atoms. The fourth-order valence-corrected chi connectivity index (χ4v) is 5.34. The van der Waals surface area contributed by atoms with Crippen LogP contribution in [0.5, 0.6) is 0 Å². The molecule has 37 heavy (non-hydrogen) atoms. The van der Waals surface area contributed by atoms with Crippen molar-refractivity contribution in [1.29, 1.82) is 0 Å². The molecule has 0 fully saturated rings. The number of amides is 1. The summed E-state index contributed by atoms with van der Waals surface area (Å²) in [6, 6.07) is 9.37. The van der Waals surface area contributed by atoms with Crippen LogP contribution in [0.4, 0.5) is 22.0 Å². The summed E-state index contributed by atoms with van der Waals surface area (Å²) >= 11 is 6.56. The second-order valence-corrected chi connectivity index (χ2v) is 9.19. The highest BCUT2D eigenvalue weighted by Crippen LogP contribution is 2.41. The number of fused-ring (bicyclic) bond motifs is 1. The Labute approximate surface area is 216 Å². The number of aromatic nitrogens is 2. The number of nitrogens with one attached hydrogen (secondary N) is 1. The predicted molar refractivity (Wildman–Crippen MR) is 129 cm³/mol. The number of rotatable bonds is 7. The van der Waals surface area contributed by atoms with Gasteiger partial charge in [-0.1, -0.05) is 54.9 Å². The number of hydrogen-bond donors (Lipinski definition) is 1. The molecular weight excluding hydrogens is 515 g/mol. The van der Waals surface area contributed by atoms with E-state index in [1.165, 1.54) is 7.05 Å². The minimum atomic E-state index is -5.00. The van der Waals surface area contributed by atoms with Crippen LogP contribution in [0.25, 0.3) is 0 Å². The molecule has 0 radical (unpaired) electrons. The third kappa shape index (κ3) is 5.22. The summed E-state index contributed by atoms with van der Waals surface area (Å²) in [5.41, 5.74) is -0.462. The van der Waals surface area contributed by atoms with Crippen molar-refractivity contribution in [3.05, 3.63) is 87.5 Å². The Kier molecular flexibility index (Phi) is 7.89. The summed E-state index contributed by atoms with van der Waals surface area (Å²) in [5.74, 6) is -2.96. The molecule has 1 N–H and O–H groups in total. The van der Waals surface area contributed by atoms with Gasteiger partial charge in [-0.2, -0.15) is 13.2 Å². The minimum absolute atomic E-state index is 0.0831. The van der Waals surface area contributed by atoms with Crippen LogP contribution in [0.1, 0.15) is 53.6 Å². The molecule has 3 aromatic rings. The van der Waals surface area contributed by atoms with Gasteiger partial charge in [-0.3, -0.25) is 9.69 Å². The summed E-state index contributed by atoms with van der Waals surface area (Å²) < 4.78 is 70.0. The lowest BCUT2D eigenvalue weighted by molar-refractivity contribution is -0.140. The molecule has 2 atom stereocenters. The Morgan fingerprint density at radius 1 is 1.14 bits per heavy atom. The van der Waals surface area contributed by atoms with Gasteiger partial charge in [0.2, 0.25) is 5.91 Å². The van der Waals surface area contributed by atoms with Crippen LogP contribution in [0.2, 0.25) is 5.15 Å². The van der Waals surface area contributed by atoms with E-state index in [-0.39, 0.29) is 29.5 Å². The Bertz CT molecular complexity index is 1280. The average molecular weight is 541 g/mol. The van der Waals surface area contributed by atoms with Crippen molar-refractivity contribution >= 4 is 17.5 Å². The van der Waals surface area contributed by atoms with E-state index in [1.807, 2.05) is 46.7 Å². The number of aryl methyl sites for hydroxylation is 2. The first-order chi connectivity index (χ1) is 17.6. The smallest absolute Gasteiger partial charge is 0.358 e. The molecule has 1 aromatic heterocycles. The van der Waals surface area contributed by atoms with Crippen LogP contribution in [0.3, 0.4) is 0 Å². The van der Waals surface area contributed by atoms with Gasteiger partial charge >= 0.3 is 6.18 Å². The monoisotopic (exact) mass is 540 g/mol. The van der Waals surface area contributed by atoms with E-state index in [1.54, 1.807) is 0 Å². The molecule has 0 aliphatic carbocycles. The summed E-state index contributed by atoms with van der Waals surface area (Å²) in [4.78, 5) is 19.5. The van der Waals surface area contributed by atoms with Gasteiger partial charge in [-0.05, 0) is 30.0 Å². The number of benzene rings is 2. The number of carbonyl (C=O) groups excluding carboxylic acids is 1. The summed E-state index contributed by atoms with van der Waals surface area (Å²) in [6.07, 6.45) is -4.31. The maximum absolute atomic E-state index is 14.7. The highest BCUT2D eigenvalue weighted by atomic mass is 35.5. The molecule has 11 heteroatoms. The van der Waals surface area contributed by atoms with Crippen LogP contribution in [-0.2, 0) is 30.4 Å². The lowest BCUT2D eigenvalue weighted by atomic mass is 9.94. The van der Waals surface area contributed by atoms with Crippen molar-refractivity contribution in [2.24, 2.45) is 0 Å². The highest BCUT2D eigenvalue weighted by Gasteiger charge is 2.40. The number of nitrogens with zero attached hydrogens (tertiary/aromatic N) is 3. The highest BCUT2D eigenvalue weighted by molar-refractivity contribution is 6.30. The number of likely N-dealkylation sites (N-methyl/N-ethyl adjacent to an activating group) is 1. The Morgan fingerprint density at radius 2 is 1.84 bits per heavy atom. The van der Waals surface area contributed by atoms with E-state index in [4.69, 9.17) is 11.6 Å². The molecule has 198 valence electrons. The number of alkyl halides is 3. The molecule has 0 unspecified atom stereocenters. The van der Waals surface area contributed by atoms with Gasteiger partial charge in [0.15, 0.2) is 16.8 Å². The van der Waals surface area contributed by atoms with Crippen molar-refractivity contribution < 1.29 is 26.7 Å². The summed E-state index contributed by atoms with van der Waals surface area (Å²) in [5, 5.41) is 2.94. The first kappa shape index (κ1) is 27.1. The lowest BCUT2D eigenvalue weighted by Crippen LogP contribution is -2.46. The van der Waals surface area contributed by atoms with Crippen molar-refractivity contribution in [2.75, 3.05) is 13.6 Å². The van der Waals surface area contributed by atoms with E-state index in [0.29, 0.717) is 31.3 Å². The van der Waals surface area contributed by atoms with Crippen LogP contribution in [-0.4, -0.2) is 34.0 Å². The molecule has 0 spiro atoms. The molecule has 4 rings (SSSR count). The molecule has 2 heterocycles. The first-order valence-corrected chi connectivity index (χ1v) is 12.3. The zero-order valence-corrected chi connectivity index (χ0v) is 21.0. The second-order valence-electron chi connectivity index (χ2n) is 8.83. The Morgan fingerprint density at radius 3 is 2.46 bits per heavy atom. The van der Waals surface area contributed by atoms with Crippen LogP contribution in [0, 0.1) is 11.6 Å². The molecule has 1 amide bonds. The molecular formula is C26H26ClF5N4O. The topological polar surface area (TPSA) is 50.2 Å². The van der Waals surface area contributed by atoms with Crippen LogP contribution in [0.15, 0.2) is 42.5 Å². The standard InChI is InChI=1S/C26H26ClF5N4O/c1-3-19-34-24(27)23-18(12-10-15-9-11-17(26(30,31)32)21(29)20(15)28)35(13-14-36(19)23)22(25(37)33-2)16-7-5-4-6-8-16/h4-9,11,18,22H,3,10,12-14H2,1-2H3,(H,33,37)/t18-,22+/m0/s1. The second kappa shape index (κ2) is 10.8. The quantitative estimate of drug-likeness (QED) is 0.381. The van der Waals surface area contributed by atoms with Gasteiger partial charge in [-0.15, -0.1) is 0 Å². The number of imidazole rings is 1. The van der Waals surface area contributed by atoms with Crippen molar-refractivity contribution in [2.45, 2.75) is 51.0 Å². The largest absolute Gasteiger partial charge is 0.419 e. The van der Waals surface area contributed by atoms with Gasteiger partial charge in [0, 0.05) is 26.6 Å². The van der Waals surface area contributed by atoms with Gasteiger partial charge in [0.1, 0.15) is 11.9 Å². The number of hydrogen-bond acceptors (Lipinski definition) is 3. The van der Waals surface area contributed by atoms with E-state index in [2.05, 4.69) is 10.3 Å². The zero-order valence-electron chi connectivity index (χ0n) is 20.2. The maximum Gasteiger partial charge on any atom is 0.419 e. The Hall–Kier alpha value is -2.98. The van der Waals surface area contributed by atoms with E-state index in [9.17, 15) is 26.7 Å². The average Bonchev–Trinajstić information content (AvgIpc) is 3.21. The summed E-state index contributed by atoms with van der Waals surface area (Å²) in [6.45, 7) is 2.89. The third-order valence-corrected chi connectivity index (χ3v) is 7.03. The van der Waals surface area contributed by atoms with E-state index in [0.717, 1.165) is 17.5 Å². The fraction of sp³-hybridized carbons (Fsp3) is 0.385. The van der Waals surface area contributed by atoms with Gasteiger partial charge in [0.25, 0.3) is 0 Å². The SMILES string of the molecule is CCc1nc(Cl)c2n1CCN([C@@H](C(=O)NC)c1ccccc1)[C@H]2CCc1ccc(C(F)(F)F)c(F)c1F. The van der Waals surface area contributed by atoms with Gasteiger partial charge < -0.3 is 9.88 Å². The zero-order chi connectivity index (χ0) is 26.9. The molecule has 2 aromatic carbocycles. The number of halogens is 6. The molecule has 0 saturated carbocycles. The van der Waals surface area contributed by atoms with E-state index < -0.39 is 35.5 Å². The molecule has 0 saturated heterocycles. The van der Waals surface area contributed by atoms with Crippen LogP contribution < -0.4 is 5.32 Å². The maximum atomic E-state index is 14.7. The van der Waals surface area contributed by atoms with Gasteiger partial charge in [0.05, 0.1) is 17.3 Å². The molecule has 1 aliphatic rings. The fourth-order valence-electron chi connectivity index (χ4n) is 5.02. The first-order valence-electron chi connectivity index (χ1n) is 11.9. The van der Waals surface area contributed by atoms with Crippen LogP contribution >= 0.6 is 11.6 Å². The van der Waals surface area contributed by atoms with E-state index >= 15 is 0 Å². The molecule has 5 nitrogen and oxygen atoms in total.